The summed E-state index contributed by atoms with van der Waals surface area (Å²) in [6, 6.07) is 8.21. The summed E-state index contributed by atoms with van der Waals surface area (Å²) < 4.78 is 11.3. The lowest BCUT2D eigenvalue weighted by molar-refractivity contribution is 0.0672. The molecule has 0 spiro atoms. The van der Waals surface area contributed by atoms with Gasteiger partial charge in [0.1, 0.15) is 5.75 Å². The second-order valence-electron chi connectivity index (χ2n) is 5.60. The molecule has 0 amide bonds. The van der Waals surface area contributed by atoms with Gasteiger partial charge in [0.2, 0.25) is 0 Å². The molecular formula is C17H22N2O2S. The topological polar surface area (TPSA) is 34.6 Å². The Balaban J connectivity index is 1.71. The van der Waals surface area contributed by atoms with Gasteiger partial charge in [-0.1, -0.05) is 18.2 Å². The molecule has 3 rings (SSSR count). The van der Waals surface area contributed by atoms with Crippen molar-refractivity contribution in [3.05, 3.63) is 46.4 Å². The van der Waals surface area contributed by atoms with Gasteiger partial charge in [-0.25, -0.2) is 4.98 Å². The van der Waals surface area contributed by atoms with Gasteiger partial charge in [0.05, 0.1) is 24.4 Å². The first-order valence-electron chi connectivity index (χ1n) is 7.68. The molecule has 1 saturated heterocycles. The third-order valence-electron chi connectivity index (χ3n) is 3.94. The molecule has 5 heteroatoms. The molecule has 0 bridgehead atoms. The van der Waals surface area contributed by atoms with Crippen molar-refractivity contribution in [1.29, 1.82) is 0 Å². The highest BCUT2D eigenvalue weighted by molar-refractivity contribution is 7.07. The van der Waals surface area contributed by atoms with Crippen LogP contribution >= 0.6 is 11.3 Å². The van der Waals surface area contributed by atoms with Gasteiger partial charge in [0, 0.05) is 37.2 Å². The number of nitrogens with zero attached hydrogens (tertiary/aromatic N) is 2. The van der Waals surface area contributed by atoms with Crippen LogP contribution in [0.25, 0.3) is 0 Å². The minimum absolute atomic E-state index is 0.341. The van der Waals surface area contributed by atoms with E-state index >= 15 is 0 Å². The number of para-hydroxylation sites is 1. The number of ether oxygens (including phenoxy) is 2. The summed E-state index contributed by atoms with van der Waals surface area (Å²) >= 11 is 1.64. The summed E-state index contributed by atoms with van der Waals surface area (Å²) in [7, 11) is 1.73. The number of aromatic nitrogens is 1. The number of benzene rings is 1. The normalized spacial score (nSPS) is 18.0. The lowest BCUT2D eigenvalue weighted by atomic mass is 10.1. The van der Waals surface area contributed by atoms with E-state index in [1.165, 1.54) is 12.0 Å². The Morgan fingerprint density at radius 2 is 2.27 bits per heavy atom. The average molecular weight is 318 g/mol. The Hall–Kier alpha value is -1.43. The number of hydrogen-bond acceptors (Lipinski definition) is 5. The van der Waals surface area contributed by atoms with Crippen LogP contribution in [0.2, 0.25) is 0 Å². The monoisotopic (exact) mass is 318 g/mol. The van der Waals surface area contributed by atoms with E-state index in [9.17, 15) is 0 Å². The zero-order valence-corrected chi connectivity index (χ0v) is 13.7. The minimum Gasteiger partial charge on any atom is -0.496 e. The standard InChI is InChI=1S/C17H22N2O2S/c1-20-17-7-3-2-5-14(17)9-19(10-15-12-22-13-18-15)11-16-6-4-8-21-16/h2-3,5,7,12-13,16H,4,6,8-11H2,1H3/t16-/m0/s1. The van der Waals surface area contributed by atoms with E-state index in [4.69, 9.17) is 9.47 Å². The molecule has 1 atom stereocenters. The van der Waals surface area contributed by atoms with E-state index in [0.717, 1.165) is 44.1 Å². The Morgan fingerprint density at radius 3 is 3.00 bits per heavy atom. The summed E-state index contributed by atoms with van der Waals surface area (Å²) in [5, 5.41) is 2.12. The van der Waals surface area contributed by atoms with Crippen LogP contribution in [0.1, 0.15) is 24.1 Å². The van der Waals surface area contributed by atoms with Gasteiger partial charge >= 0.3 is 0 Å². The predicted octanol–water partition coefficient (Wildman–Crippen LogP) is 3.33. The maximum atomic E-state index is 5.81. The van der Waals surface area contributed by atoms with Crippen LogP contribution in [-0.2, 0) is 17.8 Å². The van der Waals surface area contributed by atoms with Crippen LogP contribution in [-0.4, -0.2) is 36.2 Å². The molecule has 2 aromatic rings. The molecule has 1 aliphatic heterocycles. The van der Waals surface area contributed by atoms with Crippen LogP contribution in [0.3, 0.4) is 0 Å². The van der Waals surface area contributed by atoms with E-state index in [0.29, 0.717) is 6.10 Å². The molecule has 1 aromatic carbocycles. The van der Waals surface area contributed by atoms with E-state index in [-0.39, 0.29) is 0 Å². The van der Waals surface area contributed by atoms with Crippen LogP contribution in [0.5, 0.6) is 5.75 Å². The Kier molecular flexibility index (Phi) is 5.43. The quantitative estimate of drug-likeness (QED) is 0.784. The molecular weight excluding hydrogens is 296 g/mol. The molecule has 1 aromatic heterocycles. The highest BCUT2D eigenvalue weighted by atomic mass is 32.1. The third kappa shape index (κ3) is 4.06. The van der Waals surface area contributed by atoms with Gasteiger partial charge in [0.25, 0.3) is 0 Å². The summed E-state index contributed by atoms with van der Waals surface area (Å²) in [6.45, 7) is 3.53. The van der Waals surface area contributed by atoms with Crippen molar-refractivity contribution in [1.82, 2.24) is 9.88 Å². The lowest BCUT2D eigenvalue weighted by Crippen LogP contribution is -2.31. The average Bonchev–Trinajstić information content (AvgIpc) is 3.21. The maximum Gasteiger partial charge on any atom is 0.123 e. The fraction of sp³-hybridized carbons (Fsp3) is 0.471. The van der Waals surface area contributed by atoms with E-state index in [1.807, 2.05) is 17.6 Å². The molecule has 0 N–H and O–H groups in total. The van der Waals surface area contributed by atoms with Crippen molar-refractivity contribution in [2.75, 3.05) is 20.3 Å². The van der Waals surface area contributed by atoms with Gasteiger partial charge < -0.3 is 9.47 Å². The van der Waals surface area contributed by atoms with Gasteiger partial charge in [-0.3, -0.25) is 4.90 Å². The van der Waals surface area contributed by atoms with Gasteiger partial charge in [0.15, 0.2) is 0 Å². The van der Waals surface area contributed by atoms with Gasteiger partial charge in [-0.15, -0.1) is 11.3 Å². The Morgan fingerprint density at radius 1 is 1.36 bits per heavy atom. The molecule has 0 saturated carbocycles. The molecule has 22 heavy (non-hydrogen) atoms. The maximum absolute atomic E-state index is 5.81. The number of methoxy groups -OCH3 is 1. The first-order valence-corrected chi connectivity index (χ1v) is 8.62. The fourth-order valence-electron chi connectivity index (χ4n) is 2.88. The zero-order chi connectivity index (χ0) is 15.2. The smallest absolute Gasteiger partial charge is 0.123 e. The first-order chi connectivity index (χ1) is 10.8. The minimum atomic E-state index is 0.341. The number of rotatable bonds is 7. The zero-order valence-electron chi connectivity index (χ0n) is 12.9. The third-order valence-corrected chi connectivity index (χ3v) is 4.58. The highest BCUT2D eigenvalue weighted by Gasteiger charge is 2.20. The van der Waals surface area contributed by atoms with Crippen LogP contribution in [0, 0.1) is 0 Å². The summed E-state index contributed by atoms with van der Waals surface area (Å²) in [5.41, 5.74) is 4.22. The second-order valence-corrected chi connectivity index (χ2v) is 6.31. The molecule has 1 fully saturated rings. The summed E-state index contributed by atoms with van der Waals surface area (Å²) in [4.78, 5) is 6.83. The Bertz CT molecular complexity index is 568. The lowest BCUT2D eigenvalue weighted by Gasteiger charge is -2.25. The number of hydrogen-bond donors (Lipinski definition) is 0. The van der Waals surface area contributed by atoms with Crippen LogP contribution in [0.15, 0.2) is 35.2 Å². The van der Waals surface area contributed by atoms with Crippen molar-refractivity contribution in [3.8, 4) is 5.75 Å². The van der Waals surface area contributed by atoms with Crippen LogP contribution in [0.4, 0.5) is 0 Å². The van der Waals surface area contributed by atoms with Crippen molar-refractivity contribution in [2.45, 2.75) is 32.0 Å². The van der Waals surface area contributed by atoms with Crippen molar-refractivity contribution in [2.24, 2.45) is 0 Å². The molecule has 0 aliphatic carbocycles. The molecule has 0 radical (unpaired) electrons. The van der Waals surface area contributed by atoms with Gasteiger partial charge in [-0.05, 0) is 18.9 Å². The molecule has 1 aliphatic rings. The predicted molar refractivity (Wildman–Crippen MR) is 88.2 cm³/mol. The largest absolute Gasteiger partial charge is 0.496 e. The highest BCUT2D eigenvalue weighted by Crippen LogP contribution is 2.22. The second kappa shape index (κ2) is 7.72. The van der Waals surface area contributed by atoms with Crippen molar-refractivity contribution >= 4 is 11.3 Å². The summed E-state index contributed by atoms with van der Waals surface area (Å²) in [6.07, 6.45) is 2.66. The summed E-state index contributed by atoms with van der Waals surface area (Å²) in [5.74, 6) is 0.943. The van der Waals surface area contributed by atoms with Gasteiger partial charge in [-0.2, -0.15) is 0 Å². The van der Waals surface area contributed by atoms with E-state index in [2.05, 4.69) is 27.4 Å². The SMILES string of the molecule is COc1ccccc1CN(Cc1cscn1)C[C@@H]1CCCO1. The molecule has 0 unspecified atom stereocenters. The Labute approximate surface area is 135 Å². The van der Waals surface area contributed by atoms with Crippen molar-refractivity contribution < 1.29 is 9.47 Å². The van der Waals surface area contributed by atoms with E-state index in [1.54, 1.807) is 18.4 Å². The fourth-order valence-corrected chi connectivity index (χ4v) is 3.43. The molecule has 118 valence electrons. The molecule has 2 heterocycles. The number of thiazole rings is 1. The first kappa shape index (κ1) is 15.5. The van der Waals surface area contributed by atoms with Crippen LogP contribution < -0.4 is 4.74 Å². The van der Waals surface area contributed by atoms with Crippen molar-refractivity contribution in [3.63, 3.8) is 0 Å². The molecule has 4 nitrogen and oxygen atoms in total. The van der Waals surface area contributed by atoms with E-state index < -0.39 is 0 Å².